The number of carboxylic acid groups (broad SMARTS) is 1. The number of carbonyl (C=O) groups excluding carboxylic acids is 1. The predicted octanol–water partition coefficient (Wildman–Crippen LogP) is 0.211. The van der Waals surface area contributed by atoms with Crippen LogP contribution in [0.2, 0.25) is 0 Å². The molecule has 1 fully saturated rings. The minimum absolute atomic E-state index is 0.0455. The Morgan fingerprint density at radius 1 is 1.56 bits per heavy atom. The first-order chi connectivity index (χ1) is 7.56. The fraction of sp³-hybridized carbons (Fsp3) is 0.818. The average Bonchev–Trinajstić information content (AvgIpc) is 2.77. The van der Waals surface area contributed by atoms with E-state index in [0.29, 0.717) is 6.54 Å². The second kappa shape index (κ2) is 5.84. The summed E-state index contributed by atoms with van der Waals surface area (Å²) < 4.78 is 0. The third kappa shape index (κ3) is 3.20. The maximum Gasteiger partial charge on any atom is 0.326 e. The molecule has 1 rings (SSSR count). The zero-order valence-electron chi connectivity index (χ0n) is 9.82. The van der Waals surface area contributed by atoms with E-state index in [4.69, 9.17) is 5.11 Å². The third-order valence-corrected chi connectivity index (χ3v) is 3.21. The largest absolute Gasteiger partial charge is 0.480 e. The number of hydrogen-bond acceptors (Lipinski definition) is 3. The molecule has 92 valence electrons. The van der Waals surface area contributed by atoms with E-state index < -0.39 is 12.0 Å². The van der Waals surface area contributed by atoms with Crippen LogP contribution in [0.15, 0.2) is 0 Å². The van der Waals surface area contributed by atoms with Crippen molar-refractivity contribution in [2.24, 2.45) is 11.8 Å². The van der Waals surface area contributed by atoms with Crippen molar-refractivity contribution in [3.8, 4) is 0 Å². The van der Waals surface area contributed by atoms with Crippen molar-refractivity contribution >= 4 is 11.9 Å². The van der Waals surface area contributed by atoms with Crippen molar-refractivity contribution in [1.29, 1.82) is 0 Å². The standard InChI is InChI=1S/C11H20N2O3/c1-3-7(2)9(11(15)16)13-10(14)8-4-5-12-6-8/h7-9,12H,3-6H2,1-2H3,(H,13,14)(H,15,16)/t7-,8?,9-/m0/s1. The molecule has 1 unspecified atom stereocenters. The van der Waals surface area contributed by atoms with Crippen molar-refractivity contribution in [1.82, 2.24) is 10.6 Å². The lowest BCUT2D eigenvalue weighted by molar-refractivity contribution is -0.143. The Kier molecular flexibility index (Phi) is 4.73. The van der Waals surface area contributed by atoms with Gasteiger partial charge in [-0.25, -0.2) is 4.79 Å². The Morgan fingerprint density at radius 3 is 2.69 bits per heavy atom. The summed E-state index contributed by atoms with van der Waals surface area (Å²) in [5, 5.41) is 14.8. The molecule has 0 aliphatic carbocycles. The van der Waals surface area contributed by atoms with E-state index in [9.17, 15) is 9.59 Å². The molecule has 0 radical (unpaired) electrons. The molecule has 5 heteroatoms. The summed E-state index contributed by atoms with van der Waals surface area (Å²) in [6, 6.07) is -0.766. The second-order valence-corrected chi connectivity index (χ2v) is 4.40. The van der Waals surface area contributed by atoms with Crippen LogP contribution in [0.5, 0.6) is 0 Å². The van der Waals surface area contributed by atoms with Crippen LogP contribution < -0.4 is 10.6 Å². The van der Waals surface area contributed by atoms with Gasteiger partial charge >= 0.3 is 5.97 Å². The molecule has 0 aromatic rings. The molecule has 16 heavy (non-hydrogen) atoms. The molecule has 0 saturated carbocycles. The highest BCUT2D eigenvalue weighted by Gasteiger charge is 2.29. The smallest absolute Gasteiger partial charge is 0.326 e. The Balaban J connectivity index is 2.53. The van der Waals surface area contributed by atoms with Crippen LogP contribution in [-0.4, -0.2) is 36.1 Å². The van der Waals surface area contributed by atoms with Crippen molar-refractivity contribution in [3.63, 3.8) is 0 Å². The fourth-order valence-corrected chi connectivity index (χ4v) is 1.83. The van der Waals surface area contributed by atoms with Crippen LogP contribution in [0.1, 0.15) is 26.7 Å². The maximum atomic E-state index is 11.8. The van der Waals surface area contributed by atoms with E-state index in [1.54, 1.807) is 0 Å². The number of aliphatic carboxylic acids is 1. The van der Waals surface area contributed by atoms with E-state index in [1.165, 1.54) is 0 Å². The SMILES string of the molecule is CC[C@H](C)[C@H](NC(=O)C1CCNC1)C(=O)O. The Labute approximate surface area is 95.6 Å². The molecule has 3 atom stereocenters. The van der Waals surface area contributed by atoms with Gasteiger partial charge in [-0.05, 0) is 18.9 Å². The Morgan fingerprint density at radius 2 is 2.25 bits per heavy atom. The summed E-state index contributed by atoms with van der Waals surface area (Å²) in [5.74, 6) is -1.21. The van der Waals surface area contributed by atoms with Crippen LogP contribution in [0, 0.1) is 11.8 Å². The monoisotopic (exact) mass is 228 g/mol. The first-order valence-electron chi connectivity index (χ1n) is 5.80. The Bertz CT molecular complexity index is 262. The average molecular weight is 228 g/mol. The lowest BCUT2D eigenvalue weighted by atomic mass is 9.98. The van der Waals surface area contributed by atoms with Crippen molar-refractivity contribution < 1.29 is 14.7 Å². The van der Waals surface area contributed by atoms with E-state index >= 15 is 0 Å². The van der Waals surface area contributed by atoms with Gasteiger partial charge in [0.1, 0.15) is 6.04 Å². The molecule has 1 aliphatic rings. The van der Waals surface area contributed by atoms with Gasteiger partial charge < -0.3 is 15.7 Å². The number of nitrogens with one attached hydrogen (secondary N) is 2. The molecule has 0 bridgehead atoms. The van der Waals surface area contributed by atoms with Gasteiger partial charge in [-0.2, -0.15) is 0 Å². The van der Waals surface area contributed by atoms with E-state index in [-0.39, 0.29) is 17.7 Å². The van der Waals surface area contributed by atoms with Crippen LogP contribution in [0.25, 0.3) is 0 Å². The molecule has 3 N–H and O–H groups in total. The lowest BCUT2D eigenvalue weighted by Crippen LogP contribution is -2.47. The van der Waals surface area contributed by atoms with Gasteiger partial charge in [-0.3, -0.25) is 4.79 Å². The van der Waals surface area contributed by atoms with Gasteiger partial charge in [0.2, 0.25) is 5.91 Å². The maximum absolute atomic E-state index is 11.8. The van der Waals surface area contributed by atoms with E-state index in [2.05, 4.69) is 10.6 Å². The molecular weight excluding hydrogens is 208 g/mol. The molecule has 5 nitrogen and oxygen atoms in total. The topological polar surface area (TPSA) is 78.4 Å². The van der Waals surface area contributed by atoms with Gasteiger partial charge in [-0.15, -0.1) is 0 Å². The highest BCUT2D eigenvalue weighted by molar-refractivity contribution is 5.85. The molecule has 0 aromatic carbocycles. The lowest BCUT2D eigenvalue weighted by Gasteiger charge is -2.21. The first-order valence-corrected chi connectivity index (χ1v) is 5.80. The third-order valence-electron chi connectivity index (χ3n) is 3.21. The molecule has 1 aliphatic heterocycles. The summed E-state index contributed by atoms with van der Waals surface area (Å²) in [5.41, 5.74) is 0. The number of carboxylic acids is 1. The minimum Gasteiger partial charge on any atom is -0.480 e. The number of carbonyl (C=O) groups is 2. The van der Waals surface area contributed by atoms with Crippen molar-refractivity contribution in [2.45, 2.75) is 32.7 Å². The highest BCUT2D eigenvalue weighted by atomic mass is 16.4. The molecule has 1 heterocycles. The molecule has 0 spiro atoms. The Hall–Kier alpha value is -1.10. The number of rotatable bonds is 5. The van der Waals surface area contributed by atoms with Crippen molar-refractivity contribution in [3.05, 3.63) is 0 Å². The molecule has 1 amide bonds. The molecular formula is C11H20N2O3. The van der Waals surface area contributed by atoms with Gasteiger partial charge in [0.25, 0.3) is 0 Å². The van der Waals surface area contributed by atoms with Crippen LogP contribution in [0.3, 0.4) is 0 Å². The number of amides is 1. The van der Waals surface area contributed by atoms with Crippen molar-refractivity contribution in [2.75, 3.05) is 13.1 Å². The first kappa shape index (κ1) is 13.0. The minimum atomic E-state index is -0.950. The van der Waals surface area contributed by atoms with Gasteiger partial charge in [0.05, 0.1) is 5.92 Å². The summed E-state index contributed by atoms with van der Waals surface area (Å²) in [6.45, 7) is 5.24. The second-order valence-electron chi connectivity index (χ2n) is 4.40. The number of hydrogen-bond donors (Lipinski definition) is 3. The zero-order valence-corrected chi connectivity index (χ0v) is 9.82. The summed E-state index contributed by atoms with van der Waals surface area (Å²) >= 11 is 0. The normalized spacial score (nSPS) is 23.8. The quantitative estimate of drug-likeness (QED) is 0.628. The summed E-state index contributed by atoms with van der Waals surface area (Å²) in [4.78, 5) is 22.8. The van der Waals surface area contributed by atoms with Gasteiger partial charge in [-0.1, -0.05) is 20.3 Å². The zero-order chi connectivity index (χ0) is 12.1. The highest BCUT2D eigenvalue weighted by Crippen LogP contribution is 2.12. The van der Waals surface area contributed by atoms with E-state index in [1.807, 2.05) is 13.8 Å². The van der Waals surface area contributed by atoms with Gasteiger partial charge in [0, 0.05) is 6.54 Å². The molecule has 1 saturated heterocycles. The fourth-order valence-electron chi connectivity index (χ4n) is 1.83. The van der Waals surface area contributed by atoms with E-state index in [0.717, 1.165) is 19.4 Å². The van der Waals surface area contributed by atoms with Crippen LogP contribution >= 0.6 is 0 Å². The molecule has 0 aromatic heterocycles. The summed E-state index contributed by atoms with van der Waals surface area (Å²) in [6.07, 6.45) is 1.53. The van der Waals surface area contributed by atoms with Crippen LogP contribution in [-0.2, 0) is 9.59 Å². The summed E-state index contributed by atoms with van der Waals surface area (Å²) in [7, 11) is 0. The predicted molar refractivity (Wildman–Crippen MR) is 60.0 cm³/mol. The van der Waals surface area contributed by atoms with Gasteiger partial charge in [0.15, 0.2) is 0 Å². The van der Waals surface area contributed by atoms with Crippen LogP contribution in [0.4, 0.5) is 0 Å².